The number of benzene rings is 2. The van der Waals surface area contributed by atoms with Gasteiger partial charge < -0.3 is 15.4 Å². The van der Waals surface area contributed by atoms with Gasteiger partial charge in [0.1, 0.15) is 0 Å². The summed E-state index contributed by atoms with van der Waals surface area (Å²) in [5, 5.41) is 0. The average molecular weight is 409 g/mol. The van der Waals surface area contributed by atoms with Crippen LogP contribution < -0.4 is 16.6 Å². The van der Waals surface area contributed by atoms with Gasteiger partial charge in [-0.3, -0.25) is 15.6 Å². The second kappa shape index (κ2) is 10.2. The van der Waals surface area contributed by atoms with E-state index in [1.54, 1.807) is 6.07 Å². The van der Waals surface area contributed by atoms with Gasteiger partial charge in [0.2, 0.25) is 5.91 Å². The van der Waals surface area contributed by atoms with Gasteiger partial charge in [0.25, 0.3) is 0 Å². The lowest BCUT2D eigenvalue weighted by atomic mass is 9.81. The van der Waals surface area contributed by atoms with Crippen LogP contribution in [0.2, 0.25) is 0 Å². The van der Waals surface area contributed by atoms with Gasteiger partial charge in [0.05, 0.1) is 13.2 Å². The maximum Gasteiger partial charge on any atom is 0.248 e. The van der Waals surface area contributed by atoms with Crippen molar-refractivity contribution in [3.05, 3.63) is 71.3 Å². The van der Waals surface area contributed by atoms with E-state index in [2.05, 4.69) is 34.0 Å². The number of likely N-dealkylation sites (tertiary alicyclic amines) is 1. The van der Waals surface area contributed by atoms with E-state index in [-0.39, 0.29) is 5.91 Å². The summed E-state index contributed by atoms with van der Waals surface area (Å²) in [6, 6.07) is 18.5. The van der Waals surface area contributed by atoms with Crippen LogP contribution in [0.15, 0.2) is 54.6 Å². The van der Waals surface area contributed by atoms with Crippen molar-refractivity contribution in [2.24, 2.45) is 11.7 Å². The molecule has 0 saturated carbocycles. The molecule has 160 valence electrons. The van der Waals surface area contributed by atoms with Crippen LogP contribution in [0, 0.1) is 5.92 Å². The first-order valence-corrected chi connectivity index (χ1v) is 10.9. The fraction of sp³-hybridized carbons (Fsp3) is 0.458. The summed E-state index contributed by atoms with van der Waals surface area (Å²) < 4.78 is 5.90. The van der Waals surface area contributed by atoms with E-state index >= 15 is 0 Å². The quantitative estimate of drug-likeness (QED) is 0.584. The fourth-order valence-electron chi connectivity index (χ4n) is 4.75. The number of nitrogens with two attached hydrogens (primary N) is 1. The molecule has 2 aliphatic heterocycles. The Balaban J connectivity index is 1.31. The van der Waals surface area contributed by atoms with Crippen molar-refractivity contribution in [2.75, 3.05) is 32.8 Å². The van der Waals surface area contributed by atoms with Crippen molar-refractivity contribution in [1.82, 2.24) is 15.8 Å². The van der Waals surface area contributed by atoms with Crippen molar-refractivity contribution in [2.45, 2.75) is 31.4 Å². The zero-order valence-electron chi connectivity index (χ0n) is 17.4. The molecule has 0 aromatic heterocycles. The summed E-state index contributed by atoms with van der Waals surface area (Å²) >= 11 is 0. The van der Waals surface area contributed by atoms with Gasteiger partial charge in [-0.1, -0.05) is 42.5 Å². The Morgan fingerprint density at radius 1 is 1.17 bits per heavy atom. The second-order valence-corrected chi connectivity index (χ2v) is 8.39. The highest BCUT2D eigenvalue weighted by Gasteiger charge is 2.36. The molecular weight excluding hydrogens is 376 g/mol. The minimum absolute atomic E-state index is 0.337. The van der Waals surface area contributed by atoms with Gasteiger partial charge in [-0.05, 0) is 48.6 Å². The van der Waals surface area contributed by atoms with Crippen molar-refractivity contribution >= 4 is 5.91 Å². The van der Waals surface area contributed by atoms with Crippen LogP contribution in [0.1, 0.15) is 40.2 Å². The molecule has 2 heterocycles. The lowest BCUT2D eigenvalue weighted by Crippen LogP contribution is -2.47. The predicted molar refractivity (Wildman–Crippen MR) is 118 cm³/mol. The Bertz CT molecular complexity index is 829. The highest BCUT2D eigenvalue weighted by atomic mass is 16.5. The summed E-state index contributed by atoms with van der Waals surface area (Å²) in [4.78, 5) is 14.1. The standard InChI is InChI=1S/C24H32N4O2/c25-24(29)20-9-4-8-19(14-20)22-15-26-27-23(22)21-10-5-11-28(16-21)12-13-30-17-18-6-2-1-3-7-18/h1-4,6-9,14,21-23,26-27H,5,10-13,15-17H2,(H2,25,29). The number of carbonyl (C=O) groups excluding carboxylic acids is 1. The summed E-state index contributed by atoms with van der Waals surface area (Å²) in [5.74, 6) is 0.528. The molecule has 4 rings (SSSR count). The fourth-order valence-corrected chi connectivity index (χ4v) is 4.75. The zero-order valence-corrected chi connectivity index (χ0v) is 17.4. The molecule has 0 aliphatic carbocycles. The summed E-state index contributed by atoms with van der Waals surface area (Å²) in [6.07, 6.45) is 2.42. The molecule has 2 aliphatic rings. The van der Waals surface area contributed by atoms with Gasteiger partial charge in [-0.2, -0.15) is 0 Å². The molecule has 2 saturated heterocycles. The molecular formula is C24H32N4O2. The Morgan fingerprint density at radius 2 is 2.03 bits per heavy atom. The van der Waals surface area contributed by atoms with E-state index in [4.69, 9.17) is 10.5 Å². The molecule has 6 nitrogen and oxygen atoms in total. The van der Waals surface area contributed by atoms with Crippen molar-refractivity contribution < 1.29 is 9.53 Å². The normalized spacial score (nSPS) is 24.7. The Kier molecular flexibility index (Phi) is 7.12. The van der Waals surface area contributed by atoms with E-state index in [9.17, 15) is 4.79 Å². The van der Waals surface area contributed by atoms with Gasteiger partial charge in [-0.15, -0.1) is 0 Å². The molecule has 2 aromatic rings. The molecule has 0 spiro atoms. The molecule has 4 N–H and O–H groups in total. The van der Waals surface area contributed by atoms with Crippen LogP contribution >= 0.6 is 0 Å². The number of hydrogen-bond donors (Lipinski definition) is 3. The Hall–Kier alpha value is -2.25. The number of amides is 1. The number of primary amides is 1. The Morgan fingerprint density at radius 3 is 2.87 bits per heavy atom. The maximum atomic E-state index is 11.6. The van der Waals surface area contributed by atoms with E-state index in [1.165, 1.54) is 24.0 Å². The number of piperidine rings is 1. The molecule has 3 atom stereocenters. The molecule has 0 radical (unpaired) electrons. The highest BCUT2D eigenvalue weighted by Crippen LogP contribution is 2.32. The first kappa shape index (κ1) is 21.0. The summed E-state index contributed by atoms with van der Waals surface area (Å²) in [6.45, 7) is 5.45. The van der Waals surface area contributed by atoms with Crippen LogP contribution in [-0.4, -0.2) is 49.6 Å². The number of hydrogen-bond acceptors (Lipinski definition) is 5. The molecule has 0 bridgehead atoms. The lowest BCUT2D eigenvalue weighted by molar-refractivity contribution is 0.0701. The van der Waals surface area contributed by atoms with Crippen molar-refractivity contribution in [1.29, 1.82) is 0 Å². The highest BCUT2D eigenvalue weighted by molar-refractivity contribution is 5.92. The first-order chi connectivity index (χ1) is 14.7. The van der Waals surface area contributed by atoms with Crippen LogP contribution in [0.5, 0.6) is 0 Å². The number of carbonyl (C=O) groups is 1. The topological polar surface area (TPSA) is 79.6 Å². The smallest absolute Gasteiger partial charge is 0.248 e. The van der Waals surface area contributed by atoms with Gasteiger partial charge >= 0.3 is 0 Å². The Labute approximate surface area is 178 Å². The molecule has 2 aromatic carbocycles. The SMILES string of the molecule is NC(=O)c1cccc(C2CNNC2C2CCCN(CCOCc3ccccc3)C2)c1. The van der Waals surface area contributed by atoms with Gasteiger partial charge in [0, 0.05) is 37.2 Å². The average Bonchev–Trinajstić information content (AvgIpc) is 3.28. The predicted octanol–water partition coefficient (Wildman–Crippen LogP) is 2.27. The molecule has 3 unspecified atom stereocenters. The third-order valence-corrected chi connectivity index (χ3v) is 6.34. The van der Waals surface area contributed by atoms with Gasteiger partial charge in [-0.25, -0.2) is 0 Å². The largest absolute Gasteiger partial charge is 0.375 e. The molecule has 6 heteroatoms. The monoisotopic (exact) mass is 408 g/mol. The van der Waals surface area contributed by atoms with Gasteiger partial charge in [0.15, 0.2) is 0 Å². The van der Waals surface area contributed by atoms with E-state index in [0.29, 0.717) is 30.0 Å². The zero-order chi connectivity index (χ0) is 20.8. The second-order valence-electron chi connectivity index (χ2n) is 8.39. The minimum Gasteiger partial charge on any atom is -0.375 e. The van der Waals surface area contributed by atoms with E-state index in [0.717, 1.165) is 32.8 Å². The van der Waals surface area contributed by atoms with Crippen LogP contribution in [0.25, 0.3) is 0 Å². The number of hydrazine groups is 1. The third kappa shape index (κ3) is 5.26. The molecule has 30 heavy (non-hydrogen) atoms. The van der Waals surface area contributed by atoms with Crippen LogP contribution in [0.3, 0.4) is 0 Å². The number of nitrogens with one attached hydrogen (secondary N) is 2. The van der Waals surface area contributed by atoms with Crippen LogP contribution in [0.4, 0.5) is 0 Å². The maximum absolute atomic E-state index is 11.6. The minimum atomic E-state index is -0.369. The summed E-state index contributed by atoms with van der Waals surface area (Å²) in [5.41, 5.74) is 15.3. The third-order valence-electron chi connectivity index (χ3n) is 6.34. The lowest BCUT2D eigenvalue weighted by Gasteiger charge is -2.37. The number of rotatable bonds is 8. The van der Waals surface area contributed by atoms with E-state index < -0.39 is 0 Å². The van der Waals surface area contributed by atoms with E-state index in [1.807, 2.05) is 30.3 Å². The van der Waals surface area contributed by atoms with Crippen molar-refractivity contribution in [3.8, 4) is 0 Å². The molecule has 2 fully saturated rings. The van der Waals surface area contributed by atoms with Crippen molar-refractivity contribution in [3.63, 3.8) is 0 Å². The first-order valence-electron chi connectivity index (χ1n) is 10.9. The molecule has 1 amide bonds. The van der Waals surface area contributed by atoms with Crippen LogP contribution in [-0.2, 0) is 11.3 Å². The summed E-state index contributed by atoms with van der Waals surface area (Å²) in [7, 11) is 0. The number of ether oxygens (including phenoxy) is 1. The number of nitrogens with zero attached hydrogens (tertiary/aromatic N) is 1.